The minimum atomic E-state index is -3.87. The number of aliphatic hydroxyl groups is 1. The van der Waals surface area contributed by atoms with Gasteiger partial charge in [0.15, 0.2) is 0 Å². The lowest BCUT2D eigenvalue weighted by Gasteiger charge is -2.19. The summed E-state index contributed by atoms with van der Waals surface area (Å²) in [4.78, 5) is 11.0. The third kappa shape index (κ3) is 5.29. The van der Waals surface area contributed by atoms with E-state index in [0.29, 0.717) is 6.42 Å². The summed E-state index contributed by atoms with van der Waals surface area (Å²) in [6.07, 6.45) is -0.678. The summed E-state index contributed by atoms with van der Waals surface area (Å²) in [6, 6.07) is 0. The average molecular weight is 254 g/mol. The maximum Gasteiger partial charge on any atom is 0.421 e. The summed E-state index contributed by atoms with van der Waals surface area (Å²) in [5, 5.41) is 8.61. The lowest BCUT2D eigenvalue weighted by Crippen LogP contribution is -2.44. The van der Waals surface area contributed by atoms with Crippen LogP contribution in [0.5, 0.6) is 0 Å². The van der Waals surface area contributed by atoms with Crippen molar-refractivity contribution in [2.24, 2.45) is 0 Å². The summed E-state index contributed by atoms with van der Waals surface area (Å²) < 4.78 is 30.5. The topological polar surface area (TPSA) is 95.9 Å². The van der Waals surface area contributed by atoms with E-state index in [9.17, 15) is 13.2 Å². The Balaban J connectivity index is 4.42. The molecule has 0 heterocycles. The fourth-order valence-electron chi connectivity index (χ4n) is 1.03. The van der Waals surface area contributed by atoms with Gasteiger partial charge in [-0.25, -0.2) is 9.52 Å². The van der Waals surface area contributed by atoms with Gasteiger partial charge in [-0.2, -0.15) is 12.7 Å². The van der Waals surface area contributed by atoms with E-state index in [2.05, 4.69) is 4.74 Å². The van der Waals surface area contributed by atoms with Crippen molar-refractivity contribution in [3.63, 3.8) is 0 Å². The van der Waals surface area contributed by atoms with Crippen molar-refractivity contribution in [3.8, 4) is 0 Å². The van der Waals surface area contributed by atoms with Gasteiger partial charge in [0.05, 0.1) is 6.61 Å². The highest BCUT2D eigenvalue weighted by Gasteiger charge is 2.22. The van der Waals surface area contributed by atoms with Gasteiger partial charge in [0.25, 0.3) is 0 Å². The standard InChI is InChI=1S/C8H18N2O5S/c1-3-10(6-5-7-11)16(13,14)9-8(12)15-4-2/h11H,3-7H2,1-2H3,(H,9,12). The van der Waals surface area contributed by atoms with Crippen molar-refractivity contribution in [1.82, 2.24) is 9.03 Å². The van der Waals surface area contributed by atoms with Gasteiger partial charge in [-0.05, 0) is 13.3 Å². The van der Waals surface area contributed by atoms with Crippen LogP contribution >= 0.6 is 0 Å². The van der Waals surface area contributed by atoms with Crippen molar-refractivity contribution < 1.29 is 23.1 Å². The molecule has 96 valence electrons. The molecule has 0 saturated carbocycles. The van der Waals surface area contributed by atoms with E-state index < -0.39 is 16.3 Å². The van der Waals surface area contributed by atoms with Gasteiger partial charge >= 0.3 is 16.3 Å². The normalized spacial score (nSPS) is 11.5. The highest BCUT2D eigenvalue weighted by Crippen LogP contribution is 1.99. The van der Waals surface area contributed by atoms with Crippen LogP contribution in [0.25, 0.3) is 0 Å². The lowest BCUT2D eigenvalue weighted by atomic mass is 10.4. The number of nitrogens with zero attached hydrogens (tertiary/aromatic N) is 1. The van der Waals surface area contributed by atoms with E-state index in [-0.39, 0.29) is 26.3 Å². The van der Waals surface area contributed by atoms with E-state index >= 15 is 0 Å². The fourth-order valence-corrected chi connectivity index (χ4v) is 2.13. The van der Waals surface area contributed by atoms with Crippen molar-refractivity contribution in [3.05, 3.63) is 0 Å². The minimum absolute atomic E-state index is 0.101. The summed E-state index contributed by atoms with van der Waals surface area (Å²) in [7, 11) is -3.87. The maximum absolute atomic E-state index is 11.6. The molecule has 0 bridgehead atoms. The predicted octanol–water partition coefficient (Wildman–Crippen LogP) is -0.318. The molecule has 0 saturated heterocycles. The summed E-state index contributed by atoms with van der Waals surface area (Å²) in [5.41, 5.74) is 0. The van der Waals surface area contributed by atoms with Crippen molar-refractivity contribution in [2.45, 2.75) is 20.3 Å². The average Bonchev–Trinajstić information content (AvgIpc) is 2.17. The molecule has 0 unspecified atom stereocenters. The molecule has 0 atom stereocenters. The van der Waals surface area contributed by atoms with Crippen LogP contribution in [0.15, 0.2) is 0 Å². The van der Waals surface area contributed by atoms with Gasteiger partial charge in [-0.15, -0.1) is 0 Å². The molecule has 0 aliphatic heterocycles. The van der Waals surface area contributed by atoms with Crippen LogP contribution in [0.4, 0.5) is 4.79 Å². The lowest BCUT2D eigenvalue weighted by molar-refractivity contribution is 0.158. The van der Waals surface area contributed by atoms with Crippen LogP contribution in [0.2, 0.25) is 0 Å². The molecular formula is C8H18N2O5S. The monoisotopic (exact) mass is 254 g/mol. The second kappa shape index (κ2) is 7.42. The number of hydrogen-bond acceptors (Lipinski definition) is 5. The molecular weight excluding hydrogens is 236 g/mol. The number of carbonyl (C=O) groups is 1. The molecule has 0 radical (unpaired) electrons. The zero-order valence-electron chi connectivity index (χ0n) is 9.47. The Hall–Kier alpha value is -0.860. The minimum Gasteiger partial charge on any atom is -0.449 e. The van der Waals surface area contributed by atoms with Crippen LogP contribution in [-0.4, -0.2) is 50.2 Å². The van der Waals surface area contributed by atoms with E-state index in [1.165, 1.54) is 0 Å². The van der Waals surface area contributed by atoms with Gasteiger partial charge in [-0.1, -0.05) is 6.92 Å². The summed E-state index contributed by atoms with van der Waals surface area (Å²) in [5.74, 6) is 0. The molecule has 0 aromatic carbocycles. The van der Waals surface area contributed by atoms with E-state index in [0.717, 1.165) is 4.31 Å². The van der Waals surface area contributed by atoms with Crippen LogP contribution in [0.1, 0.15) is 20.3 Å². The van der Waals surface area contributed by atoms with Gasteiger partial charge < -0.3 is 9.84 Å². The fraction of sp³-hybridized carbons (Fsp3) is 0.875. The number of hydrogen-bond donors (Lipinski definition) is 2. The number of carbonyl (C=O) groups excluding carboxylic acids is 1. The van der Waals surface area contributed by atoms with Crippen molar-refractivity contribution in [2.75, 3.05) is 26.3 Å². The molecule has 7 nitrogen and oxygen atoms in total. The van der Waals surface area contributed by atoms with E-state index in [1.54, 1.807) is 18.6 Å². The summed E-state index contributed by atoms with van der Waals surface area (Å²) in [6.45, 7) is 3.59. The van der Waals surface area contributed by atoms with Gasteiger partial charge in [0, 0.05) is 19.7 Å². The Bertz CT molecular complexity index is 304. The number of nitrogens with one attached hydrogen (secondary N) is 1. The highest BCUT2D eigenvalue weighted by molar-refractivity contribution is 7.87. The van der Waals surface area contributed by atoms with Crippen LogP contribution in [-0.2, 0) is 14.9 Å². The maximum atomic E-state index is 11.6. The molecule has 2 N–H and O–H groups in total. The Morgan fingerprint density at radius 3 is 2.50 bits per heavy atom. The Kier molecular flexibility index (Phi) is 7.02. The summed E-state index contributed by atoms with van der Waals surface area (Å²) >= 11 is 0. The third-order valence-corrected chi connectivity index (χ3v) is 3.29. The van der Waals surface area contributed by atoms with E-state index in [1.807, 2.05) is 0 Å². The van der Waals surface area contributed by atoms with Gasteiger partial charge in [0.2, 0.25) is 0 Å². The molecule has 0 fully saturated rings. The van der Waals surface area contributed by atoms with E-state index in [4.69, 9.17) is 5.11 Å². The second-order valence-corrected chi connectivity index (χ2v) is 4.57. The zero-order valence-corrected chi connectivity index (χ0v) is 10.3. The highest BCUT2D eigenvalue weighted by atomic mass is 32.2. The van der Waals surface area contributed by atoms with Crippen LogP contribution in [0.3, 0.4) is 0 Å². The Labute approximate surface area is 95.6 Å². The SMILES string of the molecule is CCOC(=O)NS(=O)(=O)N(CC)CCCO. The Morgan fingerprint density at radius 2 is 2.06 bits per heavy atom. The van der Waals surface area contributed by atoms with Gasteiger partial charge in [-0.3, -0.25) is 0 Å². The number of rotatable bonds is 7. The predicted molar refractivity (Wildman–Crippen MR) is 58.0 cm³/mol. The molecule has 0 aromatic heterocycles. The smallest absolute Gasteiger partial charge is 0.421 e. The first-order valence-electron chi connectivity index (χ1n) is 5.03. The largest absolute Gasteiger partial charge is 0.449 e. The molecule has 0 rings (SSSR count). The number of ether oxygens (including phenoxy) is 1. The third-order valence-electron chi connectivity index (χ3n) is 1.75. The number of aliphatic hydroxyl groups excluding tert-OH is 1. The molecule has 0 aromatic rings. The molecule has 1 amide bonds. The van der Waals surface area contributed by atoms with Crippen LogP contribution < -0.4 is 4.72 Å². The van der Waals surface area contributed by atoms with Crippen LogP contribution in [0, 0.1) is 0 Å². The first-order valence-corrected chi connectivity index (χ1v) is 6.47. The van der Waals surface area contributed by atoms with Gasteiger partial charge in [0.1, 0.15) is 0 Å². The molecule has 0 spiro atoms. The first-order chi connectivity index (χ1) is 7.47. The Morgan fingerprint density at radius 1 is 1.44 bits per heavy atom. The second-order valence-electron chi connectivity index (χ2n) is 2.90. The molecule has 16 heavy (non-hydrogen) atoms. The number of amides is 1. The van der Waals surface area contributed by atoms with Crippen molar-refractivity contribution in [1.29, 1.82) is 0 Å². The first kappa shape index (κ1) is 15.1. The molecule has 0 aliphatic rings. The quantitative estimate of drug-likeness (QED) is 0.649. The zero-order chi connectivity index (χ0) is 12.6. The van der Waals surface area contributed by atoms with Crippen molar-refractivity contribution >= 4 is 16.3 Å². The molecule has 8 heteroatoms. The molecule has 0 aliphatic carbocycles.